The number of rotatable bonds is 6. The summed E-state index contributed by atoms with van der Waals surface area (Å²) in [6.07, 6.45) is 6.28. The molecule has 0 bridgehead atoms. The number of hydrogen-bond donors (Lipinski definition) is 1. The number of sulfone groups is 1. The molecule has 2 aliphatic rings. The Morgan fingerprint density at radius 3 is 2.84 bits per heavy atom. The van der Waals surface area contributed by atoms with E-state index in [9.17, 15) is 13.2 Å². The third-order valence-corrected chi connectivity index (χ3v) is 7.16. The van der Waals surface area contributed by atoms with Gasteiger partial charge in [-0.2, -0.15) is 0 Å². The molecule has 1 aliphatic heterocycles. The van der Waals surface area contributed by atoms with Crippen LogP contribution in [-0.2, 0) is 14.6 Å². The Hall–Kier alpha value is -1.47. The van der Waals surface area contributed by atoms with E-state index in [1.165, 1.54) is 6.20 Å². The summed E-state index contributed by atoms with van der Waals surface area (Å²) in [6.45, 7) is 3.31. The molecule has 1 aromatic heterocycles. The molecule has 1 aromatic rings. The highest BCUT2D eigenvalue weighted by Crippen LogP contribution is 2.28. The van der Waals surface area contributed by atoms with Crippen molar-refractivity contribution < 1.29 is 13.2 Å². The Balaban J connectivity index is 1.46. The van der Waals surface area contributed by atoms with Crippen molar-refractivity contribution in [3.63, 3.8) is 0 Å². The van der Waals surface area contributed by atoms with Crippen molar-refractivity contribution in [1.29, 1.82) is 0 Å². The van der Waals surface area contributed by atoms with Gasteiger partial charge in [0.15, 0.2) is 14.9 Å². The summed E-state index contributed by atoms with van der Waals surface area (Å²) in [5.41, 5.74) is 0. The van der Waals surface area contributed by atoms with Gasteiger partial charge >= 0.3 is 0 Å². The number of pyridine rings is 1. The van der Waals surface area contributed by atoms with Crippen molar-refractivity contribution >= 4 is 15.7 Å². The molecule has 2 fully saturated rings. The average molecular weight is 365 g/mol. The van der Waals surface area contributed by atoms with E-state index in [-0.39, 0.29) is 28.6 Å². The second-order valence-corrected chi connectivity index (χ2v) is 9.27. The van der Waals surface area contributed by atoms with E-state index >= 15 is 0 Å². The molecule has 3 rings (SSSR count). The topological polar surface area (TPSA) is 79.4 Å². The summed E-state index contributed by atoms with van der Waals surface area (Å²) in [5.74, 6) is 0.430. The van der Waals surface area contributed by atoms with Crippen LogP contribution in [0.3, 0.4) is 0 Å². The Labute approximate surface area is 149 Å². The predicted molar refractivity (Wildman–Crippen MR) is 95.8 cm³/mol. The Bertz CT molecular complexity index is 693. The van der Waals surface area contributed by atoms with Gasteiger partial charge in [0.05, 0.1) is 12.3 Å². The third kappa shape index (κ3) is 4.58. The molecular formula is C18H27N3O3S. The lowest BCUT2D eigenvalue weighted by Gasteiger charge is -2.22. The fourth-order valence-electron chi connectivity index (χ4n) is 3.98. The van der Waals surface area contributed by atoms with Crippen LogP contribution in [0.15, 0.2) is 29.4 Å². The van der Waals surface area contributed by atoms with Crippen molar-refractivity contribution in [3.05, 3.63) is 24.4 Å². The van der Waals surface area contributed by atoms with Crippen LogP contribution >= 0.6 is 0 Å². The Kier molecular flexibility index (Phi) is 5.74. The first-order valence-electron chi connectivity index (χ1n) is 9.12. The summed E-state index contributed by atoms with van der Waals surface area (Å²) in [5, 5.41) is 3.49. The number of nitrogens with one attached hydrogen (secondary N) is 1. The first kappa shape index (κ1) is 18.3. The number of hydrogen-bond acceptors (Lipinski definition) is 5. The van der Waals surface area contributed by atoms with Crippen LogP contribution in [0.4, 0.5) is 0 Å². The van der Waals surface area contributed by atoms with E-state index in [1.807, 2.05) is 4.90 Å². The predicted octanol–water partition coefficient (Wildman–Crippen LogP) is 1.62. The third-order valence-electron chi connectivity index (χ3n) is 5.37. The SMILES string of the molecule is C[C@@H]1CCCN1C(=O)CN[C@H]1CC[C@@H](CS(=O)(=O)c2ccccn2)C1. The first-order valence-corrected chi connectivity index (χ1v) is 10.8. The van der Waals surface area contributed by atoms with Gasteiger partial charge in [0.1, 0.15) is 0 Å². The molecule has 1 saturated heterocycles. The highest BCUT2D eigenvalue weighted by Gasteiger charge is 2.31. The molecule has 25 heavy (non-hydrogen) atoms. The largest absolute Gasteiger partial charge is 0.339 e. The smallest absolute Gasteiger partial charge is 0.236 e. The van der Waals surface area contributed by atoms with Gasteiger partial charge in [-0.1, -0.05) is 6.07 Å². The molecule has 1 N–H and O–H groups in total. The van der Waals surface area contributed by atoms with Crippen molar-refractivity contribution in [3.8, 4) is 0 Å². The molecule has 3 atom stereocenters. The maximum Gasteiger partial charge on any atom is 0.236 e. The van der Waals surface area contributed by atoms with Gasteiger partial charge in [-0.05, 0) is 57.1 Å². The van der Waals surface area contributed by atoms with E-state index in [2.05, 4.69) is 17.2 Å². The minimum atomic E-state index is -3.33. The lowest BCUT2D eigenvalue weighted by molar-refractivity contribution is -0.130. The molecule has 6 nitrogen and oxygen atoms in total. The highest BCUT2D eigenvalue weighted by molar-refractivity contribution is 7.91. The molecule has 7 heteroatoms. The summed E-state index contributed by atoms with van der Waals surface area (Å²) in [6, 6.07) is 5.53. The summed E-state index contributed by atoms with van der Waals surface area (Å²) >= 11 is 0. The van der Waals surface area contributed by atoms with Crippen LogP contribution in [0.25, 0.3) is 0 Å². The summed E-state index contributed by atoms with van der Waals surface area (Å²) in [4.78, 5) is 18.2. The number of amides is 1. The average Bonchev–Trinajstić information content (AvgIpc) is 3.22. The van der Waals surface area contributed by atoms with Crippen LogP contribution in [0.2, 0.25) is 0 Å². The van der Waals surface area contributed by atoms with Crippen LogP contribution in [0.5, 0.6) is 0 Å². The first-order chi connectivity index (χ1) is 12.0. The monoisotopic (exact) mass is 365 g/mol. The number of likely N-dealkylation sites (tertiary alicyclic amines) is 1. The molecule has 1 aliphatic carbocycles. The number of carbonyl (C=O) groups excluding carboxylic acids is 1. The molecule has 0 aromatic carbocycles. The van der Waals surface area contributed by atoms with E-state index in [0.29, 0.717) is 12.6 Å². The molecule has 2 heterocycles. The standard InChI is InChI=1S/C18H27N3O3S/c1-14-5-4-10-21(14)18(22)12-20-16-8-7-15(11-16)13-25(23,24)17-6-2-3-9-19-17/h2-3,6,9,14-16,20H,4-5,7-8,10-13H2,1H3/t14-,15-,16+/m1/s1. The van der Waals surface area contributed by atoms with Crippen molar-refractivity contribution in [2.45, 2.75) is 56.1 Å². The van der Waals surface area contributed by atoms with Crippen molar-refractivity contribution in [2.75, 3.05) is 18.8 Å². The fourth-order valence-corrected chi connectivity index (χ4v) is 5.58. The van der Waals surface area contributed by atoms with Gasteiger partial charge < -0.3 is 10.2 Å². The molecule has 138 valence electrons. The number of carbonyl (C=O) groups is 1. The van der Waals surface area contributed by atoms with Gasteiger partial charge in [-0.15, -0.1) is 0 Å². The molecular weight excluding hydrogens is 338 g/mol. The fraction of sp³-hybridized carbons (Fsp3) is 0.667. The summed E-state index contributed by atoms with van der Waals surface area (Å²) < 4.78 is 24.9. The maximum absolute atomic E-state index is 12.4. The van der Waals surface area contributed by atoms with Gasteiger partial charge in [-0.3, -0.25) is 4.79 Å². The highest BCUT2D eigenvalue weighted by atomic mass is 32.2. The zero-order chi connectivity index (χ0) is 17.9. The van der Waals surface area contributed by atoms with E-state index in [1.54, 1.807) is 18.2 Å². The second kappa shape index (κ2) is 7.83. The lowest BCUT2D eigenvalue weighted by Crippen LogP contribution is -2.42. The Morgan fingerprint density at radius 1 is 1.32 bits per heavy atom. The van der Waals surface area contributed by atoms with Crippen molar-refractivity contribution in [1.82, 2.24) is 15.2 Å². The van der Waals surface area contributed by atoms with E-state index in [4.69, 9.17) is 0 Å². The zero-order valence-corrected chi connectivity index (χ0v) is 15.5. The van der Waals surface area contributed by atoms with Crippen LogP contribution < -0.4 is 5.32 Å². The van der Waals surface area contributed by atoms with Gasteiger partial charge in [0.2, 0.25) is 5.91 Å². The van der Waals surface area contributed by atoms with Crippen LogP contribution in [0.1, 0.15) is 39.0 Å². The van der Waals surface area contributed by atoms with Crippen molar-refractivity contribution in [2.24, 2.45) is 5.92 Å². The quantitative estimate of drug-likeness (QED) is 0.829. The molecule has 0 spiro atoms. The van der Waals surface area contributed by atoms with Gasteiger partial charge in [0, 0.05) is 24.8 Å². The molecule has 1 amide bonds. The Morgan fingerprint density at radius 2 is 2.16 bits per heavy atom. The normalized spacial score (nSPS) is 26.9. The molecule has 0 radical (unpaired) electrons. The molecule has 1 saturated carbocycles. The summed E-state index contributed by atoms with van der Waals surface area (Å²) in [7, 11) is -3.33. The molecule has 0 unspecified atom stereocenters. The maximum atomic E-state index is 12.4. The lowest BCUT2D eigenvalue weighted by atomic mass is 10.1. The van der Waals surface area contributed by atoms with Crippen LogP contribution in [0, 0.1) is 5.92 Å². The minimum Gasteiger partial charge on any atom is -0.339 e. The van der Waals surface area contributed by atoms with Gasteiger partial charge in [-0.25, -0.2) is 13.4 Å². The minimum absolute atomic E-state index is 0.130. The van der Waals surface area contributed by atoms with Crippen LogP contribution in [-0.4, -0.2) is 55.1 Å². The van der Waals surface area contributed by atoms with Gasteiger partial charge in [0.25, 0.3) is 0 Å². The van der Waals surface area contributed by atoms with E-state index < -0.39 is 9.84 Å². The van der Waals surface area contributed by atoms with E-state index in [0.717, 1.165) is 38.6 Å². The zero-order valence-electron chi connectivity index (χ0n) is 14.7. The number of nitrogens with zero attached hydrogens (tertiary/aromatic N) is 2. The second-order valence-electron chi connectivity index (χ2n) is 7.28. The number of aromatic nitrogens is 1.